The summed E-state index contributed by atoms with van der Waals surface area (Å²) < 4.78 is 18.4. The van der Waals surface area contributed by atoms with Gasteiger partial charge in [-0.2, -0.15) is 0 Å². The van der Waals surface area contributed by atoms with Crippen LogP contribution >= 0.6 is 0 Å². The molecule has 1 aromatic carbocycles. The predicted molar refractivity (Wildman–Crippen MR) is 95.0 cm³/mol. The predicted octanol–water partition coefficient (Wildman–Crippen LogP) is 1.32. The van der Waals surface area contributed by atoms with E-state index in [-0.39, 0.29) is 5.82 Å². The first kappa shape index (κ1) is 19.1. The third-order valence-electron chi connectivity index (χ3n) is 4.44. The minimum absolute atomic E-state index is 0.197. The van der Waals surface area contributed by atoms with E-state index < -0.39 is 6.10 Å². The molecular formula is C18H30FN3O2. The molecule has 0 aromatic heterocycles. The lowest BCUT2D eigenvalue weighted by Gasteiger charge is -2.35. The first-order chi connectivity index (χ1) is 11.6. The average Bonchev–Trinajstić information content (AvgIpc) is 2.58. The van der Waals surface area contributed by atoms with E-state index in [9.17, 15) is 9.50 Å². The summed E-state index contributed by atoms with van der Waals surface area (Å²) in [4.78, 5) is 4.27. The van der Waals surface area contributed by atoms with Crippen LogP contribution in [0.15, 0.2) is 24.3 Å². The molecule has 1 fully saturated rings. The molecule has 2 unspecified atom stereocenters. The van der Waals surface area contributed by atoms with Crippen LogP contribution in [0.4, 0.5) is 10.1 Å². The van der Waals surface area contributed by atoms with Crippen molar-refractivity contribution in [2.45, 2.75) is 25.0 Å². The van der Waals surface area contributed by atoms with Gasteiger partial charge in [0.15, 0.2) is 0 Å². The second-order valence-corrected chi connectivity index (χ2v) is 6.58. The molecule has 1 aliphatic rings. The van der Waals surface area contributed by atoms with E-state index in [1.54, 1.807) is 19.2 Å². The van der Waals surface area contributed by atoms with E-state index >= 15 is 0 Å². The fourth-order valence-electron chi connectivity index (χ4n) is 3.12. The van der Waals surface area contributed by atoms with Gasteiger partial charge in [0.25, 0.3) is 0 Å². The summed E-state index contributed by atoms with van der Waals surface area (Å²) in [7, 11) is 3.66. The maximum Gasteiger partial charge on any atom is 0.125 e. The standard InChI is InChI=1S/C18H30FN3O2/c1-21(9-10-24-2)14-18(23)12-20-16-6-4-8-22(13-16)17-7-3-5-15(19)11-17/h3,5,7,11,16,18,20,23H,4,6,8-10,12-14H2,1-2H3. The number of aliphatic hydroxyl groups is 1. The van der Waals surface area contributed by atoms with Crippen molar-refractivity contribution in [3.63, 3.8) is 0 Å². The lowest BCUT2D eigenvalue weighted by molar-refractivity contribution is 0.0998. The van der Waals surface area contributed by atoms with Crippen molar-refractivity contribution in [1.29, 1.82) is 0 Å². The van der Waals surface area contributed by atoms with E-state index in [4.69, 9.17) is 4.74 Å². The number of benzene rings is 1. The van der Waals surface area contributed by atoms with Gasteiger partial charge in [-0.05, 0) is 38.1 Å². The molecule has 136 valence electrons. The SMILES string of the molecule is COCCN(C)CC(O)CNC1CCCN(c2cccc(F)c2)C1. The molecule has 1 heterocycles. The number of hydrogen-bond acceptors (Lipinski definition) is 5. The highest BCUT2D eigenvalue weighted by Crippen LogP contribution is 2.20. The minimum atomic E-state index is -0.406. The first-order valence-electron chi connectivity index (χ1n) is 8.68. The van der Waals surface area contributed by atoms with Crippen LogP contribution in [0.5, 0.6) is 0 Å². The van der Waals surface area contributed by atoms with E-state index in [2.05, 4.69) is 15.1 Å². The number of likely N-dealkylation sites (N-methyl/N-ethyl adjacent to an activating group) is 1. The maximum atomic E-state index is 13.4. The van der Waals surface area contributed by atoms with Gasteiger partial charge in [-0.25, -0.2) is 4.39 Å². The minimum Gasteiger partial charge on any atom is -0.390 e. The largest absolute Gasteiger partial charge is 0.390 e. The van der Waals surface area contributed by atoms with Gasteiger partial charge in [0, 0.05) is 51.6 Å². The van der Waals surface area contributed by atoms with Crippen LogP contribution in [-0.2, 0) is 4.74 Å². The van der Waals surface area contributed by atoms with Crippen molar-refractivity contribution in [3.05, 3.63) is 30.1 Å². The van der Waals surface area contributed by atoms with Crippen LogP contribution in [0.25, 0.3) is 0 Å². The van der Waals surface area contributed by atoms with Crippen LogP contribution in [0.1, 0.15) is 12.8 Å². The number of nitrogens with one attached hydrogen (secondary N) is 1. The Kier molecular flexibility index (Phi) is 7.91. The third-order valence-corrected chi connectivity index (χ3v) is 4.44. The highest BCUT2D eigenvalue weighted by Gasteiger charge is 2.21. The Morgan fingerprint density at radius 1 is 1.50 bits per heavy atom. The molecule has 0 radical (unpaired) electrons. The molecule has 6 heteroatoms. The topological polar surface area (TPSA) is 48.0 Å². The van der Waals surface area contributed by atoms with Gasteiger partial charge in [0.1, 0.15) is 5.82 Å². The zero-order valence-corrected chi connectivity index (χ0v) is 14.7. The highest BCUT2D eigenvalue weighted by molar-refractivity contribution is 5.47. The van der Waals surface area contributed by atoms with E-state index in [1.165, 1.54) is 6.07 Å². The van der Waals surface area contributed by atoms with Crippen molar-refractivity contribution in [1.82, 2.24) is 10.2 Å². The van der Waals surface area contributed by atoms with Crippen molar-refractivity contribution >= 4 is 5.69 Å². The molecule has 1 saturated heterocycles. The summed E-state index contributed by atoms with van der Waals surface area (Å²) in [5.74, 6) is -0.197. The van der Waals surface area contributed by atoms with Crippen molar-refractivity contribution in [3.8, 4) is 0 Å². The summed E-state index contributed by atoms with van der Waals surface area (Å²) in [5.41, 5.74) is 0.932. The molecule has 0 bridgehead atoms. The summed E-state index contributed by atoms with van der Waals surface area (Å²) in [6, 6.07) is 7.08. The number of hydrogen-bond donors (Lipinski definition) is 2. The van der Waals surface area contributed by atoms with Crippen molar-refractivity contribution in [2.24, 2.45) is 0 Å². The smallest absolute Gasteiger partial charge is 0.125 e. The normalized spacial score (nSPS) is 19.7. The second kappa shape index (κ2) is 9.93. The monoisotopic (exact) mass is 339 g/mol. The van der Waals surface area contributed by atoms with Crippen LogP contribution in [0.2, 0.25) is 0 Å². The highest BCUT2D eigenvalue weighted by atomic mass is 19.1. The van der Waals surface area contributed by atoms with Gasteiger partial charge in [0.2, 0.25) is 0 Å². The molecule has 2 N–H and O–H groups in total. The number of anilines is 1. The molecule has 1 aliphatic heterocycles. The van der Waals surface area contributed by atoms with E-state index in [1.807, 2.05) is 13.1 Å². The summed E-state index contributed by atoms with van der Waals surface area (Å²) in [6.07, 6.45) is 1.74. The van der Waals surface area contributed by atoms with Crippen LogP contribution in [0.3, 0.4) is 0 Å². The van der Waals surface area contributed by atoms with Gasteiger partial charge in [-0.3, -0.25) is 0 Å². The quantitative estimate of drug-likeness (QED) is 0.711. The molecule has 0 spiro atoms. The van der Waals surface area contributed by atoms with Crippen molar-refractivity contribution < 1.29 is 14.2 Å². The number of nitrogens with zero attached hydrogens (tertiary/aromatic N) is 2. The lowest BCUT2D eigenvalue weighted by atomic mass is 10.0. The number of halogens is 1. The van der Waals surface area contributed by atoms with Crippen LogP contribution < -0.4 is 10.2 Å². The Hall–Kier alpha value is -1.21. The zero-order chi connectivity index (χ0) is 17.4. The summed E-state index contributed by atoms with van der Waals surface area (Å²) in [6.45, 7) is 4.46. The second-order valence-electron chi connectivity index (χ2n) is 6.58. The fourth-order valence-corrected chi connectivity index (χ4v) is 3.12. The van der Waals surface area contributed by atoms with Gasteiger partial charge < -0.3 is 25.0 Å². The lowest BCUT2D eigenvalue weighted by Crippen LogP contribution is -2.49. The van der Waals surface area contributed by atoms with Gasteiger partial charge in [-0.15, -0.1) is 0 Å². The fraction of sp³-hybridized carbons (Fsp3) is 0.667. The summed E-state index contributed by atoms with van der Waals surface area (Å²) >= 11 is 0. The van der Waals surface area contributed by atoms with E-state index in [0.29, 0.717) is 25.7 Å². The van der Waals surface area contributed by atoms with Crippen molar-refractivity contribution in [2.75, 3.05) is 58.4 Å². The number of piperidine rings is 1. The Balaban J connectivity index is 1.74. The molecule has 1 aromatic rings. The molecular weight excluding hydrogens is 309 g/mol. The first-order valence-corrected chi connectivity index (χ1v) is 8.68. The molecule has 5 nitrogen and oxygen atoms in total. The number of methoxy groups -OCH3 is 1. The zero-order valence-electron chi connectivity index (χ0n) is 14.7. The molecule has 2 rings (SSSR count). The maximum absolute atomic E-state index is 13.4. The summed E-state index contributed by atoms with van der Waals surface area (Å²) in [5, 5.41) is 13.6. The Labute approximate surface area is 144 Å². The number of rotatable bonds is 9. The Morgan fingerprint density at radius 3 is 3.08 bits per heavy atom. The van der Waals surface area contributed by atoms with Gasteiger partial charge >= 0.3 is 0 Å². The third kappa shape index (κ3) is 6.36. The molecule has 0 saturated carbocycles. The van der Waals surface area contributed by atoms with Gasteiger partial charge in [0.05, 0.1) is 12.7 Å². The van der Waals surface area contributed by atoms with Gasteiger partial charge in [-0.1, -0.05) is 6.07 Å². The molecule has 2 atom stereocenters. The Bertz CT molecular complexity index is 489. The molecule has 0 amide bonds. The molecule has 24 heavy (non-hydrogen) atoms. The van der Waals surface area contributed by atoms with Crippen LogP contribution in [0, 0.1) is 5.82 Å². The van der Waals surface area contributed by atoms with Crippen LogP contribution in [-0.4, -0.2) is 75.6 Å². The average molecular weight is 339 g/mol. The number of ether oxygens (including phenoxy) is 1. The Morgan fingerprint density at radius 2 is 2.33 bits per heavy atom. The number of aliphatic hydroxyl groups excluding tert-OH is 1. The molecule has 0 aliphatic carbocycles. The van der Waals surface area contributed by atoms with E-state index in [0.717, 1.165) is 38.2 Å².